The van der Waals surface area contributed by atoms with Gasteiger partial charge in [0.1, 0.15) is 35.1 Å². The fourth-order valence-electron chi connectivity index (χ4n) is 4.42. The van der Waals surface area contributed by atoms with Crippen LogP contribution in [0.5, 0.6) is 11.5 Å². The predicted octanol–water partition coefficient (Wildman–Crippen LogP) is 7.06. The number of fused-ring (bicyclic) bond motifs is 1. The highest BCUT2D eigenvalue weighted by Gasteiger charge is 2.45. The molecule has 36 heavy (non-hydrogen) atoms. The quantitative estimate of drug-likeness (QED) is 0.290. The van der Waals surface area contributed by atoms with E-state index < -0.39 is 5.60 Å². The van der Waals surface area contributed by atoms with E-state index in [0.29, 0.717) is 13.2 Å². The summed E-state index contributed by atoms with van der Waals surface area (Å²) < 4.78 is 38.2. The Morgan fingerprint density at radius 1 is 0.972 bits per heavy atom. The zero-order valence-corrected chi connectivity index (χ0v) is 21.6. The normalized spacial score (nSPS) is 18.2. The van der Waals surface area contributed by atoms with E-state index in [-0.39, 0.29) is 24.6 Å². The average Bonchev–Trinajstić information content (AvgIpc) is 2.87. The van der Waals surface area contributed by atoms with Gasteiger partial charge in [0.25, 0.3) is 0 Å². The van der Waals surface area contributed by atoms with E-state index in [2.05, 4.69) is 18.3 Å². The number of benzene rings is 3. The Balaban J connectivity index is 1.55. The van der Waals surface area contributed by atoms with Gasteiger partial charge in [0, 0.05) is 24.4 Å². The highest BCUT2D eigenvalue weighted by Crippen LogP contribution is 2.44. The largest absolute Gasteiger partial charge is 0.497 e. The van der Waals surface area contributed by atoms with Crippen molar-refractivity contribution in [2.24, 2.45) is 0 Å². The third-order valence-electron chi connectivity index (χ3n) is 6.42. The van der Waals surface area contributed by atoms with Gasteiger partial charge in [-0.1, -0.05) is 37.6 Å². The van der Waals surface area contributed by atoms with Crippen LogP contribution in [0.2, 0.25) is 0 Å². The second kappa shape index (κ2) is 11.8. The van der Waals surface area contributed by atoms with Crippen molar-refractivity contribution in [3.05, 3.63) is 89.2 Å². The molecule has 0 fully saturated rings. The summed E-state index contributed by atoms with van der Waals surface area (Å²) in [5.74, 6) is 1.36. The number of methoxy groups -OCH3 is 1. The minimum Gasteiger partial charge on any atom is -0.497 e. The molecule has 192 valence electrons. The zero-order chi connectivity index (χ0) is 25.5. The van der Waals surface area contributed by atoms with Crippen molar-refractivity contribution < 1.29 is 23.3 Å². The van der Waals surface area contributed by atoms with Gasteiger partial charge in [0.15, 0.2) is 0 Å². The number of anilines is 1. The van der Waals surface area contributed by atoms with Crippen molar-refractivity contribution in [3.63, 3.8) is 0 Å². The summed E-state index contributed by atoms with van der Waals surface area (Å²) in [6.45, 7) is 7.74. The van der Waals surface area contributed by atoms with Crippen molar-refractivity contribution in [1.82, 2.24) is 0 Å². The summed E-state index contributed by atoms with van der Waals surface area (Å²) in [6, 6.07) is 20.6. The van der Waals surface area contributed by atoms with Crippen molar-refractivity contribution >= 4 is 5.69 Å². The lowest BCUT2D eigenvalue weighted by molar-refractivity contribution is -0.167. The third-order valence-corrected chi connectivity index (χ3v) is 6.42. The number of ether oxygens (including phenoxy) is 4. The van der Waals surface area contributed by atoms with Crippen LogP contribution in [0.3, 0.4) is 0 Å². The molecule has 2 atom stereocenters. The van der Waals surface area contributed by atoms with E-state index in [1.165, 1.54) is 12.1 Å². The van der Waals surface area contributed by atoms with Gasteiger partial charge < -0.3 is 24.3 Å². The molecule has 1 N–H and O–H groups in total. The van der Waals surface area contributed by atoms with Gasteiger partial charge in [-0.15, -0.1) is 0 Å². The van der Waals surface area contributed by atoms with Crippen molar-refractivity contribution in [3.8, 4) is 11.5 Å². The van der Waals surface area contributed by atoms with E-state index >= 15 is 0 Å². The number of hydrogen-bond donors (Lipinski definition) is 1. The van der Waals surface area contributed by atoms with Crippen LogP contribution in [0, 0.1) is 5.82 Å². The molecule has 0 saturated carbocycles. The second-order valence-corrected chi connectivity index (χ2v) is 9.67. The monoisotopic (exact) mass is 493 g/mol. The molecule has 5 nitrogen and oxygen atoms in total. The Hall–Kier alpha value is -3.09. The SMILES string of the molecule is CCCCOC1c2cc(NCc3ccc(OC)cc3)ccc2OC(C)(C)C1OCc1cccc(F)c1. The van der Waals surface area contributed by atoms with Crippen LogP contribution in [-0.4, -0.2) is 25.4 Å². The molecule has 1 aliphatic heterocycles. The average molecular weight is 494 g/mol. The molecule has 2 unspecified atom stereocenters. The first kappa shape index (κ1) is 26.0. The number of hydrogen-bond acceptors (Lipinski definition) is 5. The van der Waals surface area contributed by atoms with Crippen LogP contribution < -0.4 is 14.8 Å². The van der Waals surface area contributed by atoms with Gasteiger partial charge in [-0.3, -0.25) is 0 Å². The van der Waals surface area contributed by atoms with Crippen LogP contribution in [0.15, 0.2) is 66.7 Å². The molecule has 1 heterocycles. The van der Waals surface area contributed by atoms with Crippen molar-refractivity contribution in [2.75, 3.05) is 19.0 Å². The highest BCUT2D eigenvalue weighted by molar-refractivity contribution is 5.54. The summed E-state index contributed by atoms with van der Waals surface area (Å²) in [4.78, 5) is 0. The minimum absolute atomic E-state index is 0.271. The van der Waals surface area contributed by atoms with E-state index in [4.69, 9.17) is 18.9 Å². The van der Waals surface area contributed by atoms with Crippen LogP contribution in [0.4, 0.5) is 10.1 Å². The first-order valence-corrected chi connectivity index (χ1v) is 12.6. The van der Waals surface area contributed by atoms with E-state index in [1.54, 1.807) is 13.2 Å². The molecule has 0 aromatic heterocycles. The molecular weight excluding hydrogens is 457 g/mol. The molecule has 0 saturated heterocycles. The maximum absolute atomic E-state index is 13.7. The standard InChI is InChI=1S/C30H36FNO4/c1-5-6-16-34-28-26-18-24(32-19-21-10-13-25(33-4)14-11-21)12-15-27(26)36-30(2,3)29(28)35-20-22-8-7-9-23(31)17-22/h7-15,17-18,28-29,32H,5-6,16,19-20H2,1-4H3. The number of nitrogens with one attached hydrogen (secondary N) is 1. The molecule has 4 rings (SSSR count). The van der Waals surface area contributed by atoms with Crippen molar-refractivity contribution in [1.29, 1.82) is 0 Å². The summed E-state index contributed by atoms with van der Waals surface area (Å²) in [7, 11) is 1.66. The van der Waals surface area contributed by atoms with Gasteiger partial charge in [0.05, 0.1) is 13.7 Å². The van der Waals surface area contributed by atoms with Gasteiger partial charge in [-0.05, 0) is 73.9 Å². The third kappa shape index (κ3) is 6.37. The van der Waals surface area contributed by atoms with E-state index in [0.717, 1.165) is 46.7 Å². The van der Waals surface area contributed by atoms with Crippen LogP contribution in [-0.2, 0) is 22.6 Å². The Labute approximate surface area is 213 Å². The zero-order valence-electron chi connectivity index (χ0n) is 21.6. The number of rotatable bonds is 11. The fourth-order valence-corrected chi connectivity index (χ4v) is 4.42. The Morgan fingerprint density at radius 3 is 2.50 bits per heavy atom. The van der Waals surface area contributed by atoms with Crippen LogP contribution in [0.1, 0.15) is 56.4 Å². The maximum Gasteiger partial charge on any atom is 0.132 e. The van der Waals surface area contributed by atoms with Gasteiger partial charge >= 0.3 is 0 Å². The first-order chi connectivity index (χ1) is 17.4. The van der Waals surface area contributed by atoms with Gasteiger partial charge in [0.2, 0.25) is 0 Å². The lowest BCUT2D eigenvalue weighted by Crippen LogP contribution is -2.51. The molecule has 6 heteroatoms. The van der Waals surface area contributed by atoms with E-state index in [9.17, 15) is 4.39 Å². The molecule has 0 bridgehead atoms. The molecule has 0 aliphatic carbocycles. The summed E-state index contributed by atoms with van der Waals surface area (Å²) in [5.41, 5.74) is 3.22. The van der Waals surface area contributed by atoms with Crippen molar-refractivity contribution in [2.45, 2.75) is 64.6 Å². The highest BCUT2D eigenvalue weighted by atomic mass is 19.1. The second-order valence-electron chi connectivity index (χ2n) is 9.67. The number of halogens is 1. The molecule has 0 amide bonds. The smallest absolute Gasteiger partial charge is 0.132 e. The maximum atomic E-state index is 13.7. The van der Waals surface area contributed by atoms with Gasteiger partial charge in [-0.2, -0.15) is 0 Å². The molecule has 0 radical (unpaired) electrons. The molecule has 3 aromatic rings. The molecule has 1 aliphatic rings. The van der Waals surface area contributed by atoms with Gasteiger partial charge in [-0.25, -0.2) is 4.39 Å². The lowest BCUT2D eigenvalue weighted by atomic mass is 9.87. The summed E-state index contributed by atoms with van der Waals surface area (Å²) >= 11 is 0. The topological polar surface area (TPSA) is 49.0 Å². The number of unbranched alkanes of at least 4 members (excludes halogenated alkanes) is 1. The fraction of sp³-hybridized carbons (Fsp3) is 0.400. The lowest BCUT2D eigenvalue weighted by Gasteiger charge is -2.44. The molecule has 0 spiro atoms. The van der Waals surface area contributed by atoms with Crippen LogP contribution >= 0.6 is 0 Å². The van der Waals surface area contributed by atoms with Crippen LogP contribution in [0.25, 0.3) is 0 Å². The summed E-state index contributed by atoms with van der Waals surface area (Å²) in [6.07, 6.45) is 1.31. The summed E-state index contributed by atoms with van der Waals surface area (Å²) in [5, 5.41) is 3.50. The Kier molecular flexibility index (Phi) is 8.49. The molecular formula is C30H36FNO4. The van der Waals surface area contributed by atoms with E-state index in [1.807, 2.05) is 56.3 Å². The first-order valence-electron chi connectivity index (χ1n) is 12.6. The Morgan fingerprint density at radius 2 is 1.78 bits per heavy atom. The Bertz CT molecular complexity index is 1130. The predicted molar refractivity (Wildman–Crippen MR) is 140 cm³/mol. The minimum atomic E-state index is -0.630. The molecule has 3 aromatic carbocycles.